The number of Topliss-reactive ketones (excluding diaryl/α,β-unsaturated/α-hetero) is 1. The number of phenols is 1. The van der Waals surface area contributed by atoms with Gasteiger partial charge in [-0.3, -0.25) is 4.79 Å². The van der Waals surface area contributed by atoms with E-state index in [1.165, 1.54) is 13.2 Å². The molecule has 2 aromatic rings. The van der Waals surface area contributed by atoms with Crippen molar-refractivity contribution >= 4 is 5.78 Å². The Bertz CT molecular complexity index is 1240. The molecular formula is C27H32O14. The van der Waals surface area contributed by atoms with Crippen molar-refractivity contribution in [2.24, 2.45) is 0 Å². The molecule has 0 saturated carbocycles. The molecule has 41 heavy (non-hydrogen) atoms. The van der Waals surface area contributed by atoms with Crippen LogP contribution in [0.3, 0.4) is 0 Å². The summed E-state index contributed by atoms with van der Waals surface area (Å²) in [5.74, 6) is -0.188. The third-order valence-electron chi connectivity index (χ3n) is 7.41. The summed E-state index contributed by atoms with van der Waals surface area (Å²) in [4.78, 5) is 12.8. The van der Waals surface area contributed by atoms with E-state index in [2.05, 4.69) is 0 Å². The summed E-state index contributed by atoms with van der Waals surface area (Å²) in [5.41, 5.74) is -1.32. The summed E-state index contributed by atoms with van der Waals surface area (Å²) in [7, 11) is 1.53. The molecule has 14 heteroatoms. The number of ketones is 1. The van der Waals surface area contributed by atoms with Crippen LogP contribution in [0.4, 0.5) is 0 Å². The van der Waals surface area contributed by atoms with Gasteiger partial charge in [0, 0.05) is 12.1 Å². The Morgan fingerprint density at radius 3 is 2.39 bits per heavy atom. The van der Waals surface area contributed by atoms with Gasteiger partial charge in [0.05, 0.1) is 33.4 Å². The Hall–Kier alpha value is -3.05. The first-order chi connectivity index (χ1) is 19.6. The van der Waals surface area contributed by atoms with Gasteiger partial charge < -0.3 is 64.2 Å². The van der Waals surface area contributed by atoms with Crippen LogP contribution in [0.5, 0.6) is 23.0 Å². The standard InChI is InChI=1S/C27H32O14/c1-36-13-4-2-12(3-5-13)17-8-16(31)20-15(30)6-14(7-18(20)39-17)38-25-22(33)21(32)23(19(9-28)40-25)41-26-24(34)27(35,10-29)11-37-26/h2-7,17,19,21-26,28-30,32-35H,8-11H2,1H3/t17?,19-,21-,22-,23-,24?,25-,26?,27?/m1/s1. The number of carbonyl (C=O) groups excluding carboxylic acids is 1. The lowest BCUT2D eigenvalue weighted by Crippen LogP contribution is -2.62. The number of hydrogen-bond acceptors (Lipinski definition) is 14. The molecule has 2 fully saturated rings. The van der Waals surface area contributed by atoms with Crippen LogP contribution >= 0.6 is 0 Å². The Morgan fingerprint density at radius 1 is 1.02 bits per heavy atom. The van der Waals surface area contributed by atoms with Crippen LogP contribution in [0.25, 0.3) is 0 Å². The van der Waals surface area contributed by atoms with E-state index in [4.69, 9.17) is 28.4 Å². The number of methoxy groups -OCH3 is 1. The van der Waals surface area contributed by atoms with Gasteiger partial charge in [0.25, 0.3) is 0 Å². The minimum absolute atomic E-state index is 0.0155. The van der Waals surface area contributed by atoms with Crippen LogP contribution in [0.1, 0.15) is 28.4 Å². The molecule has 5 rings (SSSR count). The Kier molecular flexibility index (Phi) is 8.39. The molecule has 3 heterocycles. The third kappa shape index (κ3) is 5.58. The normalized spacial score (nSPS) is 35.0. The highest BCUT2D eigenvalue weighted by Crippen LogP contribution is 2.43. The molecule has 2 saturated heterocycles. The second kappa shape index (κ2) is 11.7. The average Bonchev–Trinajstić information content (AvgIpc) is 3.25. The van der Waals surface area contributed by atoms with E-state index in [-0.39, 0.29) is 29.3 Å². The van der Waals surface area contributed by atoms with E-state index < -0.39 is 80.4 Å². The summed E-state index contributed by atoms with van der Waals surface area (Å²) in [5, 5.41) is 71.7. The maximum Gasteiger partial charge on any atom is 0.229 e. The summed E-state index contributed by atoms with van der Waals surface area (Å²) >= 11 is 0. The second-order valence-corrected chi connectivity index (χ2v) is 10.1. The summed E-state index contributed by atoms with van der Waals surface area (Å²) < 4.78 is 33.2. The predicted molar refractivity (Wildman–Crippen MR) is 134 cm³/mol. The fourth-order valence-corrected chi connectivity index (χ4v) is 5.00. The number of benzene rings is 2. The van der Waals surface area contributed by atoms with Crippen LogP contribution in [0, 0.1) is 0 Å². The molecule has 9 atom stereocenters. The van der Waals surface area contributed by atoms with Crippen LogP contribution in [-0.4, -0.2) is 117 Å². The first kappa shape index (κ1) is 29.4. The Balaban J connectivity index is 1.31. The van der Waals surface area contributed by atoms with E-state index in [0.29, 0.717) is 11.3 Å². The number of hydrogen-bond donors (Lipinski definition) is 7. The van der Waals surface area contributed by atoms with E-state index in [1.807, 2.05) is 0 Å². The van der Waals surface area contributed by atoms with Crippen LogP contribution < -0.4 is 14.2 Å². The van der Waals surface area contributed by atoms with E-state index in [0.717, 1.165) is 6.07 Å². The monoisotopic (exact) mass is 580 g/mol. The predicted octanol–water partition coefficient (Wildman–Crippen LogP) is -1.25. The summed E-state index contributed by atoms with van der Waals surface area (Å²) in [6.45, 7) is -1.98. The maximum absolute atomic E-state index is 12.8. The molecule has 14 nitrogen and oxygen atoms in total. The number of aliphatic hydroxyl groups is 6. The second-order valence-electron chi connectivity index (χ2n) is 10.1. The minimum atomic E-state index is -1.99. The number of phenolic OH excluding ortho intramolecular Hbond substituents is 1. The van der Waals surface area contributed by atoms with Gasteiger partial charge in [-0.1, -0.05) is 12.1 Å². The van der Waals surface area contributed by atoms with E-state index in [9.17, 15) is 40.5 Å². The zero-order valence-corrected chi connectivity index (χ0v) is 21.9. The lowest BCUT2D eigenvalue weighted by Gasteiger charge is -2.42. The molecular weight excluding hydrogens is 548 g/mol. The smallest absolute Gasteiger partial charge is 0.229 e. The van der Waals surface area contributed by atoms with Gasteiger partial charge >= 0.3 is 0 Å². The van der Waals surface area contributed by atoms with Gasteiger partial charge in [-0.15, -0.1) is 0 Å². The number of ether oxygens (including phenoxy) is 6. The summed E-state index contributed by atoms with van der Waals surface area (Å²) in [6.07, 6.45) is -11.6. The average molecular weight is 581 g/mol. The van der Waals surface area contributed by atoms with Gasteiger partial charge in [0.2, 0.25) is 6.29 Å². The topological polar surface area (TPSA) is 214 Å². The lowest BCUT2D eigenvalue weighted by atomic mass is 9.95. The van der Waals surface area contributed by atoms with Gasteiger partial charge in [-0.2, -0.15) is 0 Å². The van der Waals surface area contributed by atoms with Crippen molar-refractivity contribution in [3.05, 3.63) is 47.5 Å². The quantitative estimate of drug-likeness (QED) is 0.194. The molecule has 0 aliphatic carbocycles. The third-order valence-corrected chi connectivity index (χ3v) is 7.41. The van der Waals surface area contributed by atoms with Crippen molar-refractivity contribution in [3.8, 4) is 23.0 Å². The van der Waals surface area contributed by atoms with E-state index >= 15 is 0 Å². The molecule has 0 bridgehead atoms. The number of carbonyl (C=O) groups is 1. The molecule has 7 N–H and O–H groups in total. The molecule has 0 radical (unpaired) electrons. The number of aromatic hydroxyl groups is 1. The van der Waals surface area contributed by atoms with Crippen molar-refractivity contribution in [1.82, 2.24) is 0 Å². The first-order valence-electron chi connectivity index (χ1n) is 12.9. The fourth-order valence-electron chi connectivity index (χ4n) is 5.00. The van der Waals surface area contributed by atoms with Crippen LogP contribution in [-0.2, 0) is 14.2 Å². The SMILES string of the molecule is COc1ccc(C2CC(=O)c3c(O)cc(O[C@@H]4O[C@H](CO)[C@@H](OC5OCC(O)(CO)C5O)[C@H](O)[C@H]4O)cc3O2)cc1. The van der Waals surface area contributed by atoms with Crippen molar-refractivity contribution < 1.29 is 69.0 Å². The van der Waals surface area contributed by atoms with E-state index in [1.54, 1.807) is 24.3 Å². The molecule has 0 aromatic heterocycles. The number of aliphatic hydroxyl groups excluding tert-OH is 5. The van der Waals surface area contributed by atoms with Gasteiger partial charge in [-0.05, 0) is 17.7 Å². The number of fused-ring (bicyclic) bond motifs is 1. The molecule has 0 spiro atoms. The number of rotatable bonds is 8. The molecule has 0 amide bonds. The minimum Gasteiger partial charge on any atom is -0.507 e. The van der Waals surface area contributed by atoms with Crippen molar-refractivity contribution in [2.45, 2.75) is 61.2 Å². The zero-order chi connectivity index (χ0) is 29.5. The van der Waals surface area contributed by atoms with Crippen molar-refractivity contribution in [2.75, 3.05) is 26.9 Å². The fraction of sp³-hybridized carbons (Fsp3) is 0.519. The van der Waals surface area contributed by atoms with Crippen LogP contribution in [0.15, 0.2) is 36.4 Å². The lowest BCUT2D eigenvalue weighted by molar-refractivity contribution is -0.313. The molecule has 224 valence electrons. The Morgan fingerprint density at radius 2 is 1.76 bits per heavy atom. The van der Waals surface area contributed by atoms with Crippen LogP contribution in [0.2, 0.25) is 0 Å². The molecule has 4 unspecified atom stereocenters. The van der Waals surface area contributed by atoms with Gasteiger partial charge in [0.1, 0.15) is 70.8 Å². The highest BCUT2D eigenvalue weighted by molar-refractivity contribution is 6.02. The molecule has 3 aliphatic heterocycles. The Labute approximate surface area is 233 Å². The highest BCUT2D eigenvalue weighted by atomic mass is 16.7. The molecule has 3 aliphatic rings. The van der Waals surface area contributed by atoms with Gasteiger partial charge in [0.15, 0.2) is 12.1 Å². The van der Waals surface area contributed by atoms with Gasteiger partial charge in [-0.25, -0.2) is 0 Å². The van der Waals surface area contributed by atoms with Crippen molar-refractivity contribution in [1.29, 1.82) is 0 Å². The molecule has 2 aromatic carbocycles. The van der Waals surface area contributed by atoms with Crippen molar-refractivity contribution in [3.63, 3.8) is 0 Å². The first-order valence-corrected chi connectivity index (χ1v) is 12.9. The largest absolute Gasteiger partial charge is 0.507 e. The zero-order valence-electron chi connectivity index (χ0n) is 21.9. The highest BCUT2D eigenvalue weighted by Gasteiger charge is 2.53. The summed E-state index contributed by atoms with van der Waals surface area (Å²) in [6, 6.07) is 9.42. The maximum atomic E-state index is 12.8.